The Kier molecular flexibility index (Phi) is 4.01. The molecular weight excluding hydrogens is 262 g/mol. The van der Waals surface area contributed by atoms with Crippen molar-refractivity contribution in [3.8, 4) is 0 Å². The summed E-state index contributed by atoms with van der Waals surface area (Å²) in [6.45, 7) is 3.25. The maximum Gasteiger partial charge on any atom is 0.225 e. The van der Waals surface area contributed by atoms with Gasteiger partial charge in [0.2, 0.25) is 5.95 Å². The Morgan fingerprint density at radius 1 is 1.29 bits per heavy atom. The average molecular weight is 283 g/mol. The highest BCUT2D eigenvalue weighted by Crippen LogP contribution is 2.23. The zero-order chi connectivity index (χ0) is 14.7. The van der Waals surface area contributed by atoms with Gasteiger partial charge in [0, 0.05) is 57.1 Å². The Balaban J connectivity index is 1.78. The molecule has 1 aromatic heterocycles. The maximum atomic E-state index is 5.58. The molecule has 0 amide bonds. The normalized spacial score (nSPS) is 13.9. The summed E-state index contributed by atoms with van der Waals surface area (Å²) in [7, 11) is 1.98. The number of rotatable bonds is 4. The van der Waals surface area contributed by atoms with Crippen molar-refractivity contribution >= 4 is 11.6 Å². The van der Waals surface area contributed by atoms with Gasteiger partial charge in [-0.15, -0.1) is 0 Å². The van der Waals surface area contributed by atoms with Crippen LogP contribution < -0.4 is 15.5 Å². The lowest BCUT2D eigenvalue weighted by Crippen LogP contribution is -2.32. The van der Waals surface area contributed by atoms with E-state index in [1.807, 2.05) is 24.2 Å². The van der Waals surface area contributed by atoms with Crippen molar-refractivity contribution in [2.45, 2.75) is 13.0 Å². The Labute approximate surface area is 125 Å². The fourth-order valence-electron chi connectivity index (χ4n) is 2.64. The van der Waals surface area contributed by atoms with Gasteiger partial charge in [0.25, 0.3) is 0 Å². The lowest BCUT2D eigenvalue weighted by atomic mass is 10.1. The van der Waals surface area contributed by atoms with E-state index in [-0.39, 0.29) is 0 Å². The molecule has 0 bridgehead atoms. The third-order valence-electron chi connectivity index (χ3n) is 3.85. The monoisotopic (exact) mass is 283 g/mol. The first-order valence-electron chi connectivity index (χ1n) is 7.34. The average Bonchev–Trinajstić information content (AvgIpc) is 2.55. The number of hydrogen-bond acceptors (Lipinski definition) is 5. The first-order chi connectivity index (χ1) is 10.3. The van der Waals surface area contributed by atoms with E-state index in [4.69, 9.17) is 10.7 Å². The smallest absolute Gasteiger partial charge is 0.225 e. The van der Waals surface area contributed by atoms with E-state index in [0.29, 0.717) is 6.54 Å². The van der Waals surface area contributed by atoms with Gasteiger partial charge in [0.05, 0.1) is 5.69 Å². The molecule has 0 fully saturated rings. The first kappa shape index (κ1) is 13.8. The lowest BCUT2D eigenvalue weighted by Gasteiger charge is -2.30. The van der Waals surface area contributed by atoms with E-state index >= 15 is 0 Å². The van der Waals surface area contributed by atoms with Crippen LogP contribution in [0.25, 0.3) is 0 Å². The summed E-state index contributed by atoms with van der Waals surface area (Å²) in [5.41, 5.74) is 9.22. The molecule has 1 aliphatic rings. The molecule has 110 valence electrons. The van der Waals surface area contributed by atoms with Crippen LogP contribution >= 0.6 is 0 Å². The summed E-state index contributed by atoms with van der Waals surface area (Å²) in [6, 6.07) is 10.5. The molecule has 0 atom stereocenters. The molecule has 0 unspecified atom stereocenters. The molecule has 0 aliphatic carbocycles. The van der Waals surface area contributed by atoms with Crippen molar-refractivity contribution in [3.05, 3.63) is 47.8 Å². The number of fused-ring (bicyclic) bond motifs is 1. The number of likely N-dealkylation sites (N-methyl/N-ethyl adjacent to an activating group) is 1. The molecule has 2 N–H and O–H groups in total. The third kappa shape index (κ3) is 2.97. The predicted molar refractivity (Wildman–Crippen MR) is 85.6 cm³/mol. The van der Waals surface area contributed by atoms with Crippen molar-refractivity contribution in [3.63, 3.8) is 0 Å². The van der Waals surface area contributed by atoms with E-state index in [0.717, 1.165) is 37.7 Å². The fourth-order valence-corrected chi connectivity index (χ4v) is 2.64. The quantitative estimate of drug-likeness (QED) is 0.920. The zero-order valence-electron chi connectivity index (χ0n) is 12.4. The number of nitrogens with two attached hydrogens (primary N) is 1. The molecule has 1 aliphatic heterocycles. The summed E-state index contributed by atoms with van der Waals surface area (Å²) >= 11 is 0. The van der Waals surface area contributed by atoms with Crippen LogP contribution in [0.3, 0.4) is 0 Å². The van der Waals surface area contributed by atoms with Crippen molar-refractivity contribution in [1.82, 2.24) is 9.97 Å². The molecule has 1 aromatic carbocycles. The van der Waals surface area contributed by atoms with Crippen molar-refractivity contribution < 1.29 is 0 Å². The van der Waals surface area contributed by atoms with Crippen molar-refractivity contribution in [2.24, 2.45) is 5.73 Å². The van der Waals surface area contributed by atoms with Gasteiger partial charge in [-0.3, -0.25) is 0 Å². The van der Waals surface area contributed by atoms with Gasteiger partial charge in [-0.05, 0) is 12.1 Å². The highest BCUT2D eigenvalue weighted by Gasteiger charge is 2.19. The summed E-state index contributed by atoms with van der Waals surface area (Å²) in [4.78, 5) is 13.5. The molecule has 2 heterocycles. The minimum atomic E-state index is 0.610. The largest absolute Gasteiger partial charge is 0.367 e. The van der Waals surface area contributed by atoms with E-state index in [9.17, 15) is 0 Å². The molecule has 21 heavy (non-hydrogen) atoms. The number of nitrogens with zero attached hydrogens (tertiary/aromatic N) is 4. The van der Waals surface area contributed by atoms with Crippen LogP contribution in [-0.4, -0.2) is 36.6 Å². The summed E-state index contributed by atoms with van der Waals surface area (Å²) in [6.07, 6.45) is 2.91. The molecule has 2 aromatic rings. The van der Waals surface area contributed by atoms with Crippen LogP contribution in [0.15, 0.2) is 36.5 Å². The second-order valence-electron chi connectivity index (χ2n) is 5.36. The Bertz CT molecular complexity index is 599. The molecule has 5 nitrogen and oxygen atoms in total. The van der Waals surface area contributed by atoms with Crippen LogP contribution in [0.2, 0.25) is 0 Å². The lowest BCUT2D eigenvalue weighted by molar-refractivity contribution is 0.700. The maximum absolute atomic E-state index is 5.58. The van der Waals surface area contributed by atoms with E-state index in [2.05, 4.69) is 34.1 Å². The van der Waals surface area contributed by atoms with Crippen LogP contribution in [0.4, 0.5) is 11.6 Å². The highest BCUT2D eigenvalue weighted by molar-refractivity contribution is 5.49. The zero-order valence-corrected chi connectivity index (χ0v) is 12.4. The summed E-state index contributed by atoms with van der Waals surface area (Å²) < 4.78 is 0. The van der Waals surface area contributed by atoms with Crippen LogP contribution in [-0.2, 0) is 13.0 Å². The molecule has 0 radical (unpaired) electrons. The highest BCUT2D eigenvalue weighted by atomic mass is 15.2. The van der Waals surface area contributed by atoms with Crippen molar-refractivity contribution in [2.75, 3.05) is 36.5 Å². The number of anilines is 2. The molecule has 0 saturated carbocycles. The second kappa shape index (κ2) is 6.10. The Morgan fingerprint density at radius 3 is 2.86 bits per heavy atom. The summed E-state index contributed by atoms with van der Waals surface area (Å²) in [5.74, 6) is 0.771. The number of benzene rings is 1. The van der Waals surface area contributed by atoms with E-state index < -0.39 is 0 Å². The second-order valence-corrected chi connectivity index (χ2v) is 5.36. The van der Waals surface area contributed by atoms with Gasteiger partial charge < -0.3 is 15.5 Å². The Hall–Kier alpha value is -2.14. The SMILES string of the molecule is CN(CCN)c1ncc2c(n1)CCN(c1ccccc1)C2. The molecule has 5 heteroatoms. The van der Waals surface area contributed by atoms with Gasteiger partial charge >= 0.3 is 0 Å². The van der Waals surface area contributed by atoms with Gasteiger partial charge in [-0.1, -0.05) is 18.2 Å². The predicted octanol–water partition coefficient (Wildman–Crippen LogP) is 1.43. The van der Waals surface area contributed by atoms with E-state index in [1.165, 1.54) is 11.3 Å². The van der Waals surface area contributed by atoms with Gasteiger partial charge in [0.1, 0.15) is 0 Å². The Morgan fingerprint density at radius 2 is 2.10 bits per heavy atom. The van der Waals surface area contributed by atoms with Crippen LogP contribution in [0.5, 0.6) is 0 Å². The minimum absolute atomic E-state index is 0.610. The number of hydrogen-bond donors (Lipinski definition) is 1. The van der Waals surface area contributed by atoms with Gasteiger partial charge in [-0.25, -0.2) is 9.97 Å². The van der Waals surface area contributed by atoms with Gasteiger partial charge in [-0.2, -0.15) is 0 Å². The van der Waals surface area contributed by atoms with Gasteiger partial charge in [0.15, 0.2) is 0 Å². The fraction of sp³-hybridized carbons (Fsp3) is 0.375. The minimum Gasteiger partial charge on any atom is -0.367 e. The molecular formula is C16H21N5. The molecule has 0 spiro atoms. The van der Waals surface area contributed by atoms with E-state index in [1.54, 1.807) is 0 Å². The summed E-state index contributed by atoms with van der Waals surface area (Å²) in [5, 5.41) is 0. The standard InChI is InChI=1S/C16H21N5/c1-20(10-8-17)16-18-11-13-12-21(9-7-15(13)19-16)14-5-3-2-4-6-14/h2-6,11H,7-10,12,17H2,1H3. The molecule has 0 saturated heterocycles. The van der Waals surface area contributed by atoms with Crippen molar-refractivity contribution in [1.29, 1.82) is 0 Å². The van der Waals surface area contributed by atoms with Crippen LogP contribution in [0, 0.1) is 0 Å². The molecule has 3 rings (SSSR count). The van der Waals surface area contributed by atoms with Crippen LogP contribution in [0.1, 0.15) is 11.3 Å². The number of aromatic nitrogens is 2. The first-order valence-corrected chi connectivity index (χ1v) is 7.34. The third-order valence-corrected chi connectivity index (χ3v) is 3.85. The topological polar surface area (TPSA) is 58.3 Å². The number of para-hydroxylation sites is 1.